The quantitative estimate of drug-likeness (QED) is 0.696. The minimum Gasteiger partial charge on any atom is -0.480 e. The molecule has 0 spiro atoms. The molecule has 0 saturated carbocycles. The fourth-order valence-corrected chi connectivity index (χ4v) is 4.11. The molecule has 0 aliphatic heterocycles. The van der Waals surface area contributed by atoms with E-state index in [1.807, 2.05) is 31.4 Å². The third-order valence-corrected chi connectivity index (χ3v) is 5.78. The van der Waals surface area contributed by atoms with E-state index in [2.05, 4.69) is 24.0 Å². The molecule has 5 nitrogen and oxygen atoms in total. The average Bonchev–Trinajstić information content (AvgIpc) is 3.05. The Morgan fingerprint density at radius 2 is 1.89 bits per heavy atom. The van der Waals surface area contributed by atoms with Crippen molar-refractivity contribution in [2.24, 2.45) is 0 Å². The summed E-state index contributed by atoms with van der Waals surface area (Å²) >= 11 is 1.42. The van der Waals surface area contributed by atoms with E-state index < -0.39 is 11.5 Å². The molecule has 0 amide bonds. The van der Waals surface area contributed by atoms with Gasteiger partial charge in [0.1, 0.15) is 16.2 Å². The van der Waals surface area contributed by atoms with Gasteiger partial charge < -0.3 is 5.11 Å². The Morgan fingerprint density at radius 1 is 1.26 bits per heavy atom. The first-order valence-electron chi connectivity index (χ1n) is 9.05. The molecule has 1 N–H and O–H groups in total. The number of hydrogen-bond acceptors (Lipinski definition) is 4. The first kappa shape index (κ1) is 19.3. The highest BCUT2D eigenvalue weighted by molar-refractivity contribution is 7.17. The number of benzene rings is 1. The summed E-state index contributed by atoms with van der Waals surface area (Å²) in [5.74, 6) is -0.638. The van der Waals surface area contributed by atoms with Gasteiger partial charge in [-0.05, 0) is 31.4 Å². The number of carboxylic acids is 1. The standard InChI is InChI=1S/C21H24N2O3S/c1-6-13-7-9-14(10-8-13)15-11-27-18-16(15)19(24)23(17(22-18)12(2)3)21(4,5)20(25)26/h7-12H,6H2,1-5H3,(H,25,26). The van der Waals surface area contributed by atoms with Gasteiger partial charge in [-0.25, -0.2) is 9.78 Å². The van der Waals surface area contributed by atoms with E-state index in [9.17, 15) is 14.7 Å². The SMILES string of the molecule is CCc1ccc(-c2csc3nc(C(C)C)n(C(C)(C)C(=O)O)c(=O)c23)cc1. The zero-order valence-electron chi connectivity index (χ0n) is 16.2. The summed E-state index contributed by atoms with van der Waals surface area (Å²) in [4.78, 5) is 30.6. The number of aryl methyl sites for hydroxylation is 1. The second kappa shape index (κ2) is 6.93. The number of aromatic nitrogens is 2. The van der Waals surface area contributed by atoms with Crippen molar-refractivity contribution in [2.75, 3.05) is 0 Å². The lowest BCUT2D eigenvalue weighted by Gasteiger charge is -2.27. The van der Waals surface area contributed by atoms with Crippen LogP contribution in [0.2, 0.25) is 0 Å². The molecule has 0 unspecified atom stereocenters. The van der Waals surface area contributed by atoms with Gasteiger partial charge in [0.15, 0.2) is 0 Å². The van der Waals surface area contributed by atoms with Crippen LogP contribution < -0.4 is 5.56 Å². The van der Waals surface area contributed by atoms with Crippen LogP contribution in [0.5, 0.6) is 0 Å². The second-order valence-electron chi connectivity index (χ2n) is 7.51. The van der Waals surface area contributed by atoms with Gasteiger partial charge in [0, 0.05) is 16.9 Å². The van der Waals surface area contributed by atoms with Crippen LogP contribution in [0.1, 0.15) is 51.9 Å². The topological polar surface area (TPSA) is 72.2 Å². The number of fused-ring (bicyclic) bond motifs is 1. The predicted molar refractivity (Wildman–Crippen MR) is 110 cm³/mol. The van der Waals surface area contributed by atoms with Crippen LogP contribution in [0.15, 0.2) is 34.4 Å². The highest BCUT2D eigenvalue weighted by Crippen LogP contribution is 2.33. The molecule has 0 bridgehead atoms. The van der Waals surface area contributed by atoms with E-state index in [0.717, 1.165) is 17.5 Å². The number of thiophene rings is 1. The van der Waals surface area contributed by atoms with Crippen molar-refractivity contribution in [1.82, 2.24) is 9.55 Å². The van der Waals surface area contributed by atoms with Crippen LogP contribution in [0.4, 0.5) is 0 Å². The van der Waals surface area contributed by atoms with Gasteiger partial charge in [0.25, 0.3) is 5.56 Å². The van der Waals surface area contributed by atoms with E-state index in [4.69, 9.17) is 0 Å². The molecule has 2 aromatic heterocycles. The highest BCUT2D eigenvalue weighted by atomic mass is 32.1. The average molecular weight is 385 g/mol. The molecule has 0 atom stereocenters. The van der Waals surface area contributed by atoms with E-state index in [0.29, 0.717) is 16.0 Å². The minimum absolute atomic E-state index is 0.0740. The number of hydrogen-bond donors (Lipinski definition) is 1. The van der Waals surface area contributed by atoms with E-state index in [-0.39, 0.29) is 11.5 Å². The number of carbonyl (C=O) groups is 1. The molecule has 3 rings (SSSR count). The van der Waals surface area contributed by atoms with Crippen molar-refractivity contribution >= 4 is 27.5 Å². The number of nitrogens with zero attached hydrogens (tertiary/aromatic N) is 2. The lowest BCUT2D eigenvalue weighted by atomic mass is 10.0. The maximum Gasteiger partial charge on any atom is 0.329 e. The highest BCUT2D eigenvalue weighted by Gasteiger charge is 2.35. The number of aliphatic carboxylic acids is 1. The van der Waals surface area contributed by atoms with Crippen LogP contribution in [0, 0.1) is 0 Å². The summed E-state index contributed by atoms with van der Waals surface area (Å²) in [5.41, 5.74) is 1.29. The molecule has 142 valence electrons. The van der Waals surface area contributed by atoms with Crippen molar-refractivity contribution < 1.29 is 9.90 Å². The summed E-state index contributed by atoms with van der Waals surface area (Å²) in [5, 5.41) is 12.1. The van der Waals surface area contributed by atoms with E-state index in [1.54, 1.807) is 0 Å². The Bertz CT molecular complexity index is 1060. The second-order valence-corrected chi connectivity index (χ2v) is 8.37. The fourth-order valence-electron chi connectivity index (χ4n) is 3.16. The molecule has 0 aliphatic carbocycles. The van der Waals surface area contributed by atoms with Gasteiger partial charge in [-0.15, -0.1) is 11.3 Å². The minimum atomic E-state index is -1.39. The molecule has 3 aromatic rings. The molecule has 6 heteroatoms. The maximum atomic E-state index is 13.4. The number of rotatable bonds is 5. The normalized spacial score (nSPS) is 12.1. The fraction of sp³-hybridized carbons (Fsp3) is 0.381. The Kier molecular flexibility index (Phi) is 4.95. The Labute approximate surface area is 162 Å². The monoisotopic (exact) mass is 384 g/mol. The molecule has 27 heavy (non-hydrogen) atoms. The number of carboxylic acid groups (broad SMARTS) is 1. The van der Waals surface area contributed by atoms with E-state index in [1.165, 1.54) is 35.3 Å². The lowest BCUT2D eigenvalue weighted by Crippen LogP contribution is -2.45. The van der Waals surface area contributed by atoms with Crippen LogP contribution in [-0.4, -0.2) is 20.6 Å². The van der Waals surface area contributed by atoms with Gasteiger partial charge >= 0.3 is 5.97 Å². The summed E-state index contributed by atoms with van der Waals surface area (Å²) < 4.78 is 1.35. The van der Waals surface area contributed by atoms with Gasteiger partial charge in [-0.2, -0.15) is 0 Å². The van der Waals surface area contributed by atoms with Crippen molar-refractivity contribution in [1.29, 1.82) is 0 Å². The Morgan fingerprint density at radius 3 is 2.41 bits per heavy atom. The van der Waals surface area contributed by atoms with Crippen LogP contribution in [0.25, 0.3) is 21.3 Å². The van der Waals surface area contributed by atoms with Crippen LogP contribution in [-0.2, 0) is 16.8 Å². The summed E-state index contributed by atoms with van der Waals surface area (Å²) in [6, 6.07) is 8.11. The smallest absolute Gasteiger partial charge is 0.329 e. The third kappa shape index (κ3) is 3.18. The van der Waals surface area contributed by atoms with Crippen molar-refractivity contribution in [2.45, 2.75) is 52.5 Å². The Balaban J connectivity index is 2.35. The van der Waals surface area contributed by atoms with Gasteiger partial charge in [-0.1, -0.05) is 45.0 Å². The van der Waals surface area contributed by atoms with Crippen LogP contribution >= 0.6 is 11.3 Å². The molecule has 0 radical (unpaired) electrons. The molecule has 0 aliphatic rings. The zero-order valence-corrected chi connectivity index (χ0v) is 17.1. The summed E-state index contributed by atoms with van der Waals surface area (Å²) in [6.07, 6.45) is 0.948. The summed E-state index contributed by atoms with van der Waals surface area (Å²) in [6.45, 7) is 9.01. The van der Waals surface area contributed by atoms with Crippen molar-refractivity contribution in [3.8, 4) is 11.1 Å². The van der Waals surface area contributed by atoms with Crippen molar-refractivity contribution in [3.05, 3.63) is 51.4 Å². The third-order valence-electron chi connectivity index (χ3n) is 4.91. The van der Waals surface area contributed by atoms with Gasteiger partial charge in [0.05, 0.1) is 5.39 Å². The largest absolute Gasteiger partial charge is 0.480 e. The molecule has 0 saturated heterocycles. The molecule has 1 aromatic carbocycles. The summed E-state index contributed by atoms with van der Waals surface area (Å²) in [7, 11) is 0. The molecular weight excluding hydrogens is 360 g/mol. The predicted octanol–water partition coefficient (Wildman–Crippen LogP) is 4.63. The maximum absolute atomic E-state index is 13.4. The molecular formula is C21H24N2O3S. The lowest BCUT2D eigenvalue weighted by molar-refractivity contribution is -0.146. The zero-order chi connectivity index (χ0) is 19.9. The Hall–Kier alpha value is -2.47. The molecule has 0 fully saturated rings. The molecule has 2 heterocycles. The van der Waals surface area contributed by atoms with Gasteiger partial charge in [0.2, 0.25) is 0 Å². The first-order chi connectivity index (χ1) is 12.7. The van der Waals surface area contributed by atoms with Gasteiger partial charge in [-0.3, -0.25) is 9.36 Å². The van der Waals surface area contributed by atoms with Crippen molar-refractivity contribution in [3.63, 3.8) is 0 Å². The van der Waals surface area contributed by atoms with Crippen LogP contribution in [0.3, 0.4) is 0 Å². The first-order valence-corrected chi connectivity index (χ1v) is 9.93. The van der Waals surface area contributed by atoms with E-state index >= 15 is 0 Å².